The van der Waals surface area contributed by atoms with Gasteiger partial charge < -0.3 is 4.90 Å². The number of piperazine rings is 1. The summed E-state index contributed by atoms with van der Waals surface area (Å²) in [7, 11) is 0. The molecule has 0 aliphatic carbocycles. The molecule has 1 saturated heterocycles. The van der Waals surface area contributed by atoms with Crippen LogP contribution >= 0.6 is 11.3 Å². The predicted octanol–water partition coefficient (Wildman–Crippen LogP) is 3.68. The van der Waals surface area contributed by atoms with Gasteiger partial charge in [-0.3, -0.25) is 4.90 Å². The van der Waals surface area contributed by atoms with Gasteiger partial charge in [0.05, 0.1) is 6.54 Å². The van der Waals surface area contributed by atoms with Gasteiger partial charge in [0.2, 0.25) is 4.96 Å². The van der Waals surface area contributed by atoms with Crippen LogP contribution in [0.15, 0.2) is 60.7 Å². The second kappa shape index (κ2) is 8.14. The number of anilines is 1. The zero-order valence-electron chi connectivity index (χ0n) is 16.1. The van der Waals surface area contributed by atoms with Crippen molar-refractivity contribution in [3.8, 4) is 0 Å². The largest absolute Gasteiger partial charge is 0.369 e. The van der Waals surface area contributed by atoms with Gasteiger partial charge in [-0.05, 0) is 23.8 Å². The third-order valence-corrected chi connectivity index (χ3v) is 6.01. The van der Waals surface area contributed by atoms with E-state index in [-0.39, 0.29) is 0 Å². The van der Waals surface area contributed by atoms with Gasteiger partial charge in [0.25, 0.3) is 0 Å². The molecule has 3 heterocycles. The van der Waals surface area contributed by atoms with Gasteiger partial charge in [-0.2, -0.15) is 9.61 Å². The maximum Gasteiger partial charge on any atom is 0.235 e. The average Bonchev–Trinajstić information content (AvgIpc) is 3.36. The molecule has 0 unspecified atom stereocenters. The van der Waals surface area contributed by atoms with Gasteiger partial charge in [0, 0.05) is 31.9 Å². The van der Waals surface area contributed by atoms with E-state index in [9.17, 15) is 0 Å². The first-order chi connectivity index (χ1) is 14.3. The van der Waals surface area contributed by atoms with Crippen LogP contribution in [0.2, 0.25) is 0 Å². The summed E-state index contributed by atoms with van der Waals surface area (Å²) < 4.78 is 1.89. The molecule has 146 valence electrons. The van der Waals surface area contributed by atoms with Crippen molar-refractivity contribution in [2.75, 3.05) is 31.1 Å². The van der Waals surface area contributed by atoms with E-state index in [0.29, 0.717) is 0 Å². The normalized spacial score (nSPS) is 15.5. The number of fused-ring (bicyclic) bond motifs is 1. The highest BCUT2D eigenvalue weighted by atomic mass is 32.1. The minimum Gasteiger partial charge on any atom is -0.369 e. The Labute approximate surface area is 173 Å². The van der Waals surface area contributed by atoms with E-state index >= 15 is 0 Å². The summed E-state index contributed by atoms with van der Waals surface area (Å²) in [6.07, 6.45) is 4.12. The minimum atomic E-state index is 0.773. The van der Waals surface area contributed by atoms with Crippen LogP contribution in [0, 0.1) is 0 Å². The minimum absolute atomic E-state index is 0.773. The van der Waals surface area contributed by atoms with Crippen LogP contribution in [0.25, 0.3) is 17.1 Å². The van der Waals surface area contributed by atoms with Crippen LogP contribution < -0.4 is 4.90 Å². The van der Waals surface area contributed by atoms with Crippen molar-refractivity contribution in [3.63, 3.8) is 0 Å². The highest BCUT2D eigenvalue weighted by molar-refractivity contribution is 7.17. The number of nitrogens with zero attached hydrogens (tertiary/aromatic N) is 6. The van der Waals surface area contributed by atoms with Crippen LogP contribution in [0.4, 0.5) is 5.69 Å². The Morgan fingerprint density at radius 3 is 2.31 bits per heavy atom. The maximum absolute atomic E-state index is 4.70. The summed E-state index contributed by atoms with van der Waals surface area (Å²) in [6.45, 7) is 4.83. The molecule has 0 bridgehead atoms. The number of para-hydroxylation sites is 1. The summed E-state index contributed by atoms with van der Waals surface area (Å²) in [5, 5.41) is 14.3. The number of benzene rings is 2. The van der Waals surface area contributed by atoms with Crippen molar-refractivity contribution in [2.24, 2.45) is 0 Å². The Hall–Kier alpha value is -3.03. The van der Waals surface area contributed by atoms with Gasteiger partial charge in [0.15, 0.2) is 5.82 Å². The smallest absolute Gasteiger partial charge is 0.235 e. The van der Waals surface area contributed by atoms with Crippen LogP contribution in [-0.4, -0.2) is 50.9 Å². The first-order valence-corrected chi connectivity index (χ1v) is 10.6. The fraction of sp³-hybridized carbons (Fsp3) is 0.227. The molecule has 29 heavy (non-hydrogen) atoms. The van der Waals surface area contributed by atoms with E-state index < -0.39 is 0 Å². The highest BCUT2D eigenvalue weighted by Gasteiger charge is 2.20. The van der Waals surface area contributed by atoms with Crippen molar-refractivity contribution in [2.45, 2.75) is 6.54 Å². The lowest BCUT2D eigenvalue weighted by Gasteiger charge is -2.35. The molecule has 0 amide bonds. The summed E-state index contributed by atoms with van der Waals surface area (Å²) in [5.74, 6) is 0.906. The lowest BCUT2D eigenvalue weighted by molar-refractivity contribution is 0.242. The van der Waals surface area contributed by atoms with Crippen LogP contribution in [0.1, 0.15) is 16.4 Å². The van der Waals surface area contributed by atoms with E-state index in [2.05, 4.69) is 68.5 Å². The second-order valence-electron chi connectivity index (χ2n) is 7.09. The Morgan fingerprint density at radius 1 is 0.828 bits per heavy atom. The molecule has 5 rings (SSSR count). The molecule has 1 aliphatic rings. The molecule has 0 atom stereocenters. The van der Waals surface area contributed by atoms with Crippen LogP contribution in [-0.2, 0) is 6.54 Å². The summed E-state index contributed by atoms with van der Waals surface area (Å²) in [6, 6.07) is 20.9. The zero-order chi connectivity index (χ0) is 19.5. The lowest BCUT2D eigenvalue weighted by atomic mass is 10.2. The second-order valence-corrected chi connectivity index (χ2v) is 8.08. The molecule has 0 spiro atoms. The van der Waals surface area contributed by atoms with E-state index in [1.165, 1.54) is 5.69 Å². The molecule has 0 saturated carbocycles. The van der Waals surface area contributed by atoms with Gasteiger partial charge in [-0.1, -0.05) is 65.9 Å². The molecular weight excluding hydrogens is 380 g/mol. The van der Waals surface area contributed by atoms with E-state index in [0.717, 1.165) is 54.1 Å². The molecule has 4 aromatic rings. The van der Waals surface area contributed by atoms with Crippen LogP contribution in [0.3, 0.4) is 0 Å². The molecule has 1 aliphatic heterocycles. The van der Waals surface area contributed by atoms with Gasteiger partial charge in [-0.25, -0.2) is 0 Å². The quantitative estimate of drug-likeness (QED) is 0.510. The molecule has 0 N–H and O–H groups in total. The number of hydrogen-bond donors (Lipinski definition) is 0. The summed E-state index contributed by atoms with van der Waals surface area (Å²) in [4.78, 5) is 5.70. The predicted molar refractivity (Wildman–Crippen MR) is 118 cm³/mol. The molecule has 2 aromatic heterocycles. The number of aromatic nitrogens is 4. The van der Waals surface area contributed by atoms with E-state index in [1.807, 2.05) is 28.8 Å². The van der Waals surface area contributed by atoms with E-state index in [4.69, 9.17) is 5.10 Å². The topological polar surface area (TPSA) is 49.6 Å². The van der Waals surface area contributed by atoms with Crippen LogP contribution in [0.5, 0.6) is 0 Å². The molecule has 1 fully saturated rings. The number of hydrogen-bond acceptors (Lipinski definition) is 6. The third kappa shape index (κ3) is 4.06. The molecule has 0 radical (unpaired) electrons. The first kappa shape index (κ1) is 18.0. The van der Waals surface area contributed by atoms with E-state index in [1.54, 1.807) is 11.3 Å². The molecular formula is C22H22N6S. The Morgan fingerprint density at radius 2 is 1.55 bits per heavy atom. The third-order valence-electron chi connectivity index (χ3n) is 5.15. The summed E-state index contributed by atoms with van der Waals surface area (Å²) >= 11 is 1.56. The lowest BCUT2D eigenvalue weighted by Crippen LogP contribution is -2.46. The standard InChI is InChI=1S/C22H22N6S/c1-3-7-18(8-4-1)11-12-21-25-28-20(23-24-22(28)29-21)17-26-13-15-27(16-14-26)19-9-5-2-6-10-19/h1-12H,13-17H2/b12-11+. The maximum atomic E-state index is 4.70. The van der Waals surface area contributed by atoms with Gasteiger partial charge in [-0.15, -0.1) is 10.2 Å². The average molecular weight is 403 g/mol. The molecule has 6 nitrogen and oxygen atoms in total. The Bertz CT molecular complexity index is 1090. The Kier molecular flexibility index (Phi) is 5.06. The monoisotopic (exact) mass is 402 g/mol. The fourth-order valence-corrected chi connectivity index (χ4v) is 4.33. The number of rotatable bonds is 5. The van der Waals surface area contributed by atoms with Crippen molar-refractivity contribution in [3.05, 3.63) is 77.1 Å². The first-order valence-electron chi connectivity index (χ1n) is 9.82. The fourth-order valence-electron chi connectivity index (χ4n) is 3.57. The summed E-state index contributed by atoms with van der Waals surface area (Å²) in [5.41, 5.74) is 2.46. The SMILES string of the molecule is C(=C\c1nn2c(CN3CCN(c4ccccc4)CC3)nnc2s1)/c1ccccc1. The zero-order valence-corrected chi connectivity index (χ0v) is 16.9. The molecule has 7 heteroatoms. The molecule has 2 aromatic carbocycles. The van der Waals surface area contributed by atoms with Crippen molar-refractivity contribution in [1.82, 2.24) is 24.7 Å². The highest BCUT2D eigenvalue weighted by Crippen LogP contribution is 2.19. The van der Waals surface area contributed by atoms with Crippen molar-refractivity contribution >= 4 is 34.1 Å². The van der Waals surface area contributed by atoms with Crippen molar-refractivity contribution < 1.29 is 0 Å². The van der Waals surface area contributed by atoms with Crippen molar-refractivity contribution in [1.29, 1.82) is 0 Å². The Balaban J connectivity index is 1.24. The van der Waals surface area contributed by atoms with Gasteiger partial charge in [0.1, 0.15) is 5.01 Å². The van der Waals surface area contributed by atoms with Gasteiger partial charge >= 0.3 is 0 Å².